The van der Waals surface area contributed by atoms with Crippen LogP contribution in [0.15, 0.2) is 42.7 Å². The molecule has 1 aromatic carbocycles. The topological polar surface area (TPSA) is 82.5 Å². The average molecular weight is 384 g/mol. The molecule has 3 rings (SSSR count). The summed E-state index contributed by atoms with van der Waals surface area (Å²) >= 11 is 0. The van der Waals surface area contributed by atoms with Crippen LogP contribution in [-0.2, 0) is 17.9 Å². The molecular formula is C20H28N6O2. The number of amides is 3. The van der Waals surface area contributed by atoms with Crippen LogP contribution >= 0.6 is 0 Å². The molecular weight excluding hydrogens is 356 g/mol. The Bertz CT molecular complexity index is 769. The molecule has 28 heavy (non-hydrogen) atoms. The highest BCUT2D eigenvalue weighted by atomic mass is 16.2. The lowest BCUT2D eigenvalue weighted by Crippen LogP contribution is -2.53. The van der Waals surface area contributed by atoms with Gasteiger partial charge in [-0.15, -0.1) is 0 Å². The van der Waals surface area contributed by atoms with Gasteiger partial charge in [-0.2, -0.15) is 5.10 Å². The zero-order valence-corrected chi connectivity index (χ0v) is 16.3. The second-order valence-corrected chi connectivity index (χ2v) is 6.85. The number of hydrogen-bond donors (Lipinski definition) is 2. The number of likely N-dealkylation sites (N-methyl/N-ethyl adjacent to an activating group) is 1. The van der Waals surface area contributed by atoms with Gasteiger partial charge in [-0.05, 0) is 24.1 Å². The molecule has 8 nitrogen and oxygen atoms in total. The van der Waals surface area contributed by atoms with Gasteiger partial charge in [0, 0.05) is 51.7 Å². The van der Waals surface area contributed by atoms with Crippen LogP contribution in [0.3, 0.4) is 0 Å². The largest absolute Gasteiger partial charge is 0.355 e. The molecule has 1 aliphatic heterocycles. The number of nitrogens with one attached hydrogen (secondary N) is 2. The molecule has 0 saturated carbocycles. The Balaban J connectivity index is 1.47. The quantitative estimate of drug-likeness (QED) is 0.743. The molecule has 0 radical (unpaired) electrons. The first-order chi connectivity index (χ1) is 13.7. The van der Waals surface area contributed by atoms with Crippen molar-refractivity contribution in [3.63, 3.8) is 0 Å². The van der Waals surface area contributed by atoms with Crippen LogP contribution in [0, 0.1) is 0 Å². The second kappa shape index (κ2) is 9.89. The van der Waals surface area contributed by atoms with Gasteiger partial charge in [0.1, 0.15) is 0 Å². The van der Waals surface area contributed by atoms with Crippen molar-refractivity contribution in [2.24, 2.45) is 0 Å². The van der Waals surface area contributed by atoms with E-state index in [-0.39, 0.29) is 11.9 Å². The maximum Gasteiger partial charge on any atom is 0.317 e. The summed E-state index contributed by atoms with van der Waals surface area (Å²) in [5.41, 5.74) is 2.22. The van der Waals surface area contributed by atoms with E-state index in [9.17, 15) is 9.59 Å². The lowest BCUT2D eigenvalue weighted by Gasteiger charge is -2.34. The molecule has 1 saturated heterocycles. The summed E-state index contributed by atoms with van der Waals surface area (Å²) in [5.74, 6) is 0.0363. The third kappa shape index (κ3) is 5.56. The van der Waals surface area contributed by atoms with E-state index in [1.54, 1.807) is 6.20 Å². The van der Waals surface area contributed by atoms with Crippen molar-refractivity contribution >= 4 is 11.9 Å². The molecule has 8 heteroatoms. The molecule has 0 bridgehead atoms. The summed E-state index contributed by atoms with van der Waals surface area (Å²) in [7, 11) is 0. The fourth-order valence-corrected chi connectivity index (χ4v) is 3.30. The van der Waals surface area contributed by atoms with Crippen molar-refractivity contribution in [1.29, 1.82) is 0 Å². The maximum atomic E-state index is 12.5. The monoisotopic (exact) mass is 384 g/mol. The molecule has 1 aliphatic rings. The van der Waals surface area contributed by atoms with Crippen LogP contribution in [0.25, 0.3) is 0 Å². The van der Waals surface area contributed by atoms with Crippen molar-refractivity contribution < 1.29 is 9.59 Å². The number of carbonyl (C=O) groups excluding carboxylic acids is 2. The average Bonchev–Trinajstić information content (AvgIpc) is 3.21. The second-order valence-electron chi connectivity index (χ2n) is 6.85. The summed E-state index contributed by atoms with van der Waals surface area (Å²) < 4.78 is 1.87. The highest BCUT2D eigenvalue weighted by Crippen LogP contribution is 2.11. The van der Waals surface area contributed by atoms with Crippen LogP contribution in [0.5, 0.6) is 0 Å². The fraction of sp³-hybridized carbons (Fsp3) is 0.450. The Labute approximate surface area is 165 Å². The number of carbonyl (C=O) groups is 2. The molecule has 1 aromatic heterocycles. The van der Waals surface area contributed by atoms with Crippen molar-refractivity contribution in [3.8, 4) is 0 Å². The minimum Gasteiger partial charge on any atom is -0.355 e. The Morgan fingerprint density at radius 1 is 1.04 bits per heavy atom. The summed E-state index contributed by atoms with van der Waals surface area (Å²) in [6.45, 7) is 6.77. The number of benzene rings is 1. The number of urea groups is 1. The minimum absolute atomic E-state index is 0.0363. The Kier molecular flexibility index (Phi) is 7.02. The number of piperazine rings is 1. The van der Waals surface area contributed by atoms with Gasteiger partial charge in [0.05, 0.1) is 13.1 Å². The van der Waals surface area contributed by atoms with Crippen LogP contribution in [0.2, 0.25) is 0 Å². The zero-order chi connectivity index (χ0) is 19.8. The van der Waals surface area contributed by atoms with Crippen LogP contribution in [0.4, 0.5) is 4.79 Å². The highest BCUT2D eigenvalue weighted by Gasteiger charge is 2.22. The van der Waals surface area contributed by atoms with Gasteiger partial charge in [0.2, 0.25) is 5.91 Å². The molecule has 0 spiro atoms. The molecule has 2 N–H and O–H groups in total. The number of aromatic nitrogens is 2. The third-order valence-electron chi connectivity index (χ3n) is 4.84. The first-order valence-corrected chi connectivity index (χ1v) is 9.71. The Hall–Kier alpha value is -2.87. The standard InChI is InChI=1S/C20H28N6O2/c1-2-21-19(27)16-24-10-12-25(13-11-24)20(28)22-14-17-6-3-4-7-18(17)15-26-9-5-8-23-26/h3-9H,2,10-16H2,1H3,(H,21,27)(H,22,28). The van der Waals surface area contributed by atoms with Gasteiger partial charge in [-0.1, -0.05) is 24.3 Å². The van der Waals surface area contributed by atoms with E-state index >= 15 is 0 Å². The van der Waals surface area contributed by atoms with E-state index in [0.717, 1.165) is 11.1 Å². The van der Waals surface area contributed by atoms with Crippen molar-refractivity contribution in [1.82, 2.24) is 30.2 Å². The van der Waals surface area contributed by atoms with Gasteiger partial charge in [-0.25, -0.2) is 4.79 Å². The van der Waals surface area contributed by atoms with Gasteiger partial charge < -0.3 is 15.5 Å². The van der Waals surface area contributed by atoms with E-state index in [1.807, 2.05) is 47.0 Å². The number of nitrogens with zero attached hydrogens (tertiary/aromatic N) is 4. The molecule has 1 fully saturated rings. The minimum atomic E-state index is -0.0634. The highest BCUT2D eigenvalue weighted by molar-refractivity contribution is 5.78. The Morgan fingerprint density at radius 3 is 2.46 bits per heavy atom. The van der Waals surface area contributed by atoms with E-state index in [2.05, 4.69) is 26.7 Å². The fourth-order valence-electron chi connectivity index (χ4n) is 3.30. The first-order valence-electron chi connectivity index (χ1n) is 9.71. The SMILES string of the molecule is CCNC(=O)CN1CCN(C(=O)NCc2ccccc2Cn2cccn2)CC1. The molecule has 3 amide bonds. The maximum absolute atomic E-state index is 12.5. The van der Waals surface area contributed by atoms with Crippen molar-refractivity contribution in [2.45, 2.75) is 20.0 Å². The van der Waals surface area contributed by atoms with Crippen LogP contribution in [-0.4, -0.2) is 70.8 Å². The van der Waals surface area contributed by atoms with Gasteiger partial charge in [0.25, 0.3) is 0 Å². The van der Waals surface area contributed by atoms with E-state index in [4.69, 9.17) is 0 Å². The van der Waals surface area contributed by atoms with Crippen LogP contribution in [0.1, 0.15) is 18.1 Å². The molecule has 0 unspecified atom stereocenters. The zero-order valence-electron chi connectivity index (χ0n) is 16.3. The van der Waals surface area contributed by atoms with Crippen molar-refractivity contribution in [2.75, 3.05) is 39.3 Å². The summed E-state index contributed by atoms with van der Waals surface area (Å²) in [5, 5.41) is 10.1. The van der Waals surface area contributed by atoms with Gasteiger partial charge in [-0.3, -0.25) is 14.4 Å². The Morgan fingerprint density at radius 2 is 1.79 bits per heavy atom. The van der Waals surface area contributed by atoms with E-state index in [0.29, 0.717) is 52.4 Å². The first kappa shape index (κ1) is 19.9. The smallest absolute Gasteiger partial charge is 0.317 e. The summed E-state index contributed by atoms with van der Waals surface area (Å²) in [6, 6.07) is 9.90. The van der Waals surface area contributed by atoms with E-state index < -0.39 is 0 Å². The number of rotatable bonds is 7. The predicted molar refractivity (Wildman–Crippen MR) is 107 cm³/mol. The van der Waals surface area contributed by atoms with Gasteiger partial charge in [0.15, 0.2) is 0 Å². The molecule has 150 valence electrons. The number of hydrogen-bond acceptors (Lipinski definition) is 4. The predicted octanol–water partition coefficient (Wildman–Crippen LogP) is 0.895. The summed E-state index contributed by atoms with van der Waals surface area (Å²) in [6.07, 6.45) is 3.69. The van der Waals surface area contributed by atoms with E-state index in [1.165, 1.54) is 0 Å². The summed E-state index contributed by atoms with van der Waals surface area (Å²) in [4.78, 5) is 28.1. The van der Waals surface area contributed by atoms with Crippen LogP contribution < -0.4 is 10.6 Å². The normalized spacial score (nSPS) is 14.7. The van der Waals surface area contributed by atoms with Gasteiger partial charge >= 0.3 is 6.03 Å². The molecule has 2 aromatic rings. The molecule has 2 heterocycles. The molecule has 0 aliphatic carbocycles. The van der Waals surface area contributed by atoms with Crippen molar-refractivity contribution in [3.05, 3.63) is 53.9 Å². The lowest BCUT2D eigenvalue weighted by molar-refractivity contribution is -0.122. The lowest BCUT2D eigenvalue weighted by atomic mass is 10.1. The third-order valence-corrected chi connectivity index (χ3v) is 4.84. The molecule has 0 atom stereocenters.